The lowest BCUT2D eigenvalue weighted by Gasteiger charge is -2.07. The van der Waals surface area contributed by atoms with Gasteiger partial charge in [0.05, 0.1) is 6.21 Å². The lowest BCUT2D eigenvalue weighted by molar-refractivity contribution is 0.452. The summed E-state index contributed by atoms with van der Waals surface area (Å²) in [7, 11) is 0. The van der Waals surface area contributed by atoms with E-state index in [1.165, 1.54) is 11.8 Å². The second kappa shape index (κ2) is 4.13. The van der Waals surface area contributed by atoms with Gasteiger partial charge in [-0.25, -0.2) is 0 Å². The van der Waals surface area contributed by atoms with E-state index in [9.17, 15) is 0 Å². The summed E-state index contributed by atoms with van der Waals surface area (Å²) in [6.45, 7) is 3.75. The second-order valence-electron chi connectivity index (χ2n) is 3.45. The summed E-state index contributed by atoms with van der Waals surface area (Å²) in [4.78, 5) is 0. The van der Waals surface area contributed by atoms with Gasteiger partial charge in [0.2, 0.25) is 0 Å². The van der Waals surface area contributed by atoms with Gasteiger partial charge < -0.3 is 10.1 Å². The Kier molecular flexibility index (Phi) is 2.68. The largest absolute Gasteiger partial charge is 0.455 e. The van der Waals surface area contributed by atoms with Crippen LogP contribution in [0, 0.1) is 5.41 Å². The third-order valence-electron chi connectivity index (χ3n) is 2.55. The highest BCUT2D eigenvalue weighted by molar-refractivity contribution is 5.76. The maximum absolute atomic E-state index is 7.31. The van der Waals surface area contributed by atoms with E-state index >= 15 is 0 Å². The SMILES string of the molecule is C=CC1=C(C=N)Oc2ccccc2CC1. The summed E-state index contributed by atoms with van der Waals surface area (Å²) in [6, 6.07) is 7.94. The summed E-state index contributed by atoms with van der Waals surface area (Å²) in [5.41, 5.74) is 2.19. The summed E-state index contributed by atoms with van der Waals surface area (Å²) in [5.74, 6) is 1.46. The van der Waals surface area contributed by atoms with Crippen molar-refractivity contribution >= 4 is 6.21 Å². The van der Waals surface area contributed by atoms with Crippen molar-refractivity contribution in [1.29, 1.82) is 5.41 Å². The Balaban J connectivity index is 2.43. The molecule has 1 aromatic carbocycles. The first-order chi connectivity index (χ1) is 7.35. The van der Waals surface area contributed by atoms with Crippen molar-refractivity contribution < 1.29 is 4.74 Å². The molecular weight excluding hydrogens is 186 g/mol. The molecule has 0 aromatic heterocycles. The van der Waals surface area contributed by atoms with E-state index in [1.807, 2.05) is 18.2 Å². The van der Waals surface area contributed by atoms with Gasteiger partial charge >= 0.3 is 0 Å². The van der Waals surface area contributed by atoms with Crippen LogP contribution in [0.5, 0.6) is 5.75 Å². The van der Waals surface area contributed by atoms with Crippen LogP contribution < -0.4 is 4.74 Å². The van der Waals surface area contributed by atoms with Crippen LogP contribution in [-0.2, 0) is 6.42 Å². The molecule has 0 saturated carbocycles. The molecule has 1 aromatic rings. The Labute approximate surface area is 89.4 Å². The smallest absolute Gasteiger partial charge is 0.148 e. The van der Waals surface area contributed by atoms with E-state index in [4.69, 9.17) is 10.1 Å². The third-order valence-corrected chi connectivity index (χ3v) is 2.55. The molecule has 1 heterocycles. The number of aryl methyl sites for hydroxylation is 1. The van der Waals surface area contributed by atoms with Crippen LogP contribution in [0.15, 0.2) is 48.3 Å². The molecule has 0 radical (unpaired) electrons. The Bertz CT molecular complexity index is 432. The molecular formula is C13H13NO. The lowest BCUT2D eigenvalue weighted by Crippen LogP contribution is -1.98. The topological polar surface area (TPSA) is 33.1 Å². The Morgan fingerprint density at radius 1 is 1.27 bits per heavy atom. The number of rotatable bonds is 2. The van der Waals surface area contributed by atoms with Crippen LogP contribution in [0.25, 0.3) is 0 Å². The zero-order chi connectivity index (χ0) is 10.7. The van der Waals surface area contributed by atoms with Gasteiger partial charge in [0.1, 0.15) is 11.5 Å². The monoisotopic (exact) mass is 199 g/mol. The van der Waals surface area contributed by atoms with E-state index in [2.05, 4.69) is 12.6 Å². The fourth-order valence-electron chi connectivity index (χ4n) is 1.71. The molecule has 76 valence electrons. The second-order valence-corrected chi connectivity index (χ2v) is 3.45. The molecule has 1 aliphatic rings. The molecule has 15 heavy (non-hydrogen) atoms. The van der Waals surface area contributed by atoms with Gasteiger partial charge in [-0.2, -0.15) is 0 Å². The van der Waals surface area contributed by atoms with Crippen molar-refractivity contribution in [2.24, 2.45) is 0 Å². The first-order valence-corrected chi connectivity index (χ1v) is 4.97. The van der Waals surface area contributed by atoms with E-state index in [0.717, 1.165) is 24.2 Å². The van der Waals surface area contributed by atoms with Crippen molar-refractivity contribution in [3.8, 4) is 5.75 Å². The molecule has 1 aliphatic heterocycles. The van der Waals surface area contributed by atoms with Crippen LogP contribution in [0.1, 0.15) is 12.0 Å². The highest BCUT2D eigenvalue weighted by atomic mass is 16.5. The van der Waals surface area contributed by atoms with Crippen LogP contribution in [0.3, 0.4) is 0 Å². The van der Waals surface area contributed by atoms with Crippen LogP contribution in [0.4, 0.5) is 0 Å². The Hall–Kier alpha value is -1.83. The summed E-state index contributed by atoms with van der Waals surface area (Å²) in [5, 5.41) is 7.31. The number of fused-ring (bicyclic) bond motifs is 1. The van der Waals surface area contributed by atoms with E-state index in [0.29, 0.717) is 5.76 Å². The highest BCUT2D eigenvalue weighted by Crippen LogP contribution is 2.28. The maximum atomic E-state index is 7.31. The van der Waals surface area contributed by atoms with Crippen LogP contribution in [-0.4, -0.2) is 6.21 Å². The Morgan fingerprint density at radius 3 is 2.80 bits per heavy atom. The van der Waals surface area contributed by atoms with Gasteiger partial charge in [0, 0.05) is 0 Å². The minimum atomic E-state index is 0.606. The molecule has 2 heteroatoms. The number of hydrogen-bond donors (Lipinski definition) is 1. The molecule has 0 fully saturated rings. The predicted octanol–water partition coefficient (Wildman–Crippen LogP) is 3.10. The molecule has 0 aliphatic carbocycles. The molecule has 0 unspecified atom stereocenters. The van der Waals surface area contributed by atoms with E-state index in [-0.39, 0.29) is 0 Å². The number of benzene rings is 1. The van der Waals surface area contributed by atoms with Crippen molar-refractivity contribution in [3.05, 3.63) is 53.8 Å². The zero-order valence-corrected chi connectivity index (χ0v) is 8.49. The van der Waals surface area contributed by atoms with E-state index < -0.39 is 0 Å². The van der Waals surface area contributed by atoms with Crippen molar-refractivity contribution in [1.82, 2.24) is 0 Å². The van der Waals surface area contributed by atoms with Crippen LogP contribution >= 0.6 is 0 Å². The molecule has 1 N–H and O–H groups in total. The van der Waals surface area contributed by atoms with Crippen LogP contribution in [0.2, 0.25) is 0 Å². The van der Waals surface area contributed by atoms with Crippen molar-refractivity contribution in [2.75, 3.05) is 0 Å². The molecule has 2 nitrogen and oxygen atoms in total. The number of para-hydroxylation sites is 1. The normalized spacial score (nSPS) is 14.9. The lowest BCUT2D eigenvalue weighted by atomic mass is 10.0. The number of allylic oxidation sites excluding steroid dienone is 3. The predicted molar refractivity (Wildman–Crippen MR) is 61.4 cm³/mol. The average molecular weight is 199 g/mol. The number of hydrogen-bond acceptors (Lipinski definition) is 2. The standard InChI is InChI=1S/C13H13NO/c1-2-10-7-8-11-5-3-4-6-12(11)15-13(10)9-14/h2-6,9,14H,1,7-8H2. The maximum Gasteiger partial charge on any atom is 0.148 e. The first-order valence-electron chi connectivity index (χ1n) is 4.97. The van der Waals surface area contributed by atoms with Gasteiger partial charge in [0.25, 0.3) is 0 Å². The van der Waals surface area contributed by atoms with E-state index in [1.54, 1.807) is 6.08 Å². The van der Waals surface area contributed by atoms with Crippen molar-refractivity contribution in [2.45, 2.75) is 12.8 Å². The Morgan fingerprint density at radius 2 is 2.07 bits per heavy atom. The minimum absolute atomic E-state index is 0.606. The fourth-order valence-corrected chi connectivity index (χ4v) is 1.71. The molecule has 2 rings (SSSR count). The van der Waals surface area contributed by atoms with Crippen molar-refractivity contribution in [3.63, 3.8) is 0 Å². The molecule has 0 spiro atoms. The third kappa shape index (κ3) is 1.84. The first kappa shape index (κ1) is 9.71. The number of ether oxygens (including phenoxy) is 1. The van der Waals surface area contributed by atoms with Gasteiger partial charge in [-0.1, -0.05) is 30.9 Å². The zero-order valence-electron chi connectivity index (χ0n) is 8.49. The molecule has 0 atom stereocenters. The number of nitrogens with one attached hydrogen (secondary N) is 1. The van der Waals surface area contributed by atoms with Gasteiger partial charge in [-0.05, 0) is 30.0 Å². The average Bonchev–Trinajstić information content (AvgIpc) is 2.47. The van der Waals surface area contributed by atoms with Gasteiger partial charge in [0.15, 0.2) is 0 Å². The summed E-state index contributed by atoms with van der Waals surface area (Å²) < 4.78 is 5.67. The fraction of sp³-hybridized carbons (Fsp3) is 0.154. The highest BCUT2D eigenvalue weighted by Gasteiger charge is 2.13. The molecule has 0 bridgehead atoms. The molecule has 0 amide bonds. The summed E-state index contributed by atoms with van der Waals surface area (Å²) >= 11 is 0. The quantitative estimate of drug-likeness (QED) is 0.729. The van der Waals surface area contributed by atoms with Gasteiger partial charge in [-0.15, -0.1) is 0 Å². The summed E-state index contributed by atoms with van der Waals surface area (Å²) in [6.07, 6.45) is 4.84. The minimum Gasteiger partial charge on any atom is -0.455 e. The molecule has 0 saturated heterocycles. The van der Waals surface area contributed by atoms with Gasteiger partial charge in [-0.3, -0.25) is 0 Å².